The third kappa shape index (κ3) is 6.64. The summed E-state index contributed by atoms with van der Waals surface area (Å²) in [4.78, 5) is 20.0. The Kier molecular flexibility index (Phi) is 8.72. The number of benzene rings is 1. The van der Waals surface area contributed by atoms with Crippen molar-refractivity contribution in [2.24, 2.45) is 0 Å². The smallest absolute Gasteiger partial charge is 0.304 e. The minimum absolute atomic E-state index is 0.0666. The number of rotatable bonds is 11. The average Bonchev–Trinajstić information content (AvgIpc) is 3.31. The number of pyridine rings is 2. The van der Waals surface area contributed by atoms with Crippen LogP contribution in [0.2, 0.25) is 0 Å². The third-order valence-corrected chi connectivity index (χ3v) is 6.76. The van der Waals surface area contributed by atoms with Crippen LogP contribution in [0.5, 0.6) is 11.6 Å². The SMILES string of the molecule is CC#C[C@@H](CC(=O)O)c1ccc(OCc2ccc3scc(-c4cc(OCCOC)cnc4C)c3c2)nc1. The number of aromatic nitrogens is 2. The Labute approximate surface area is 220 Å². The number of carbonyl (C=O) groups is 1. The highest BCUT2D eigenvalue weighted by atomic mass is 32.1. The maximum atomic E-state index is 11.1. The topological polar surface area (TPSA) is 90.8 Å². The van der Waals surface area contributed by atoms with Crippen molar-refractivity contribution in [1.82, 2.24) is 9.97 Å². The molecule has 0 unspecified atom stereocenters. The van der Waals surface area contributed by atoms with Crippen molar-refractivity contribution in [3.05, 3.63) is 71.0 Å². The zero-order valence-corrected chi connectivity index (χ0v) is 21.8. The first-order valence-corrected chi connectivity index (χ1v) is 12.7. The van der Waals surface area contributed by atoms with Crippen LogP contribution in [0.3, 0.4) is 0 Å². The van der Waals surface area contributed by atoms with Gasteiger partial charge in [0.05, 0.1) is 25.1 Å². The van der Waals surface area contributed by atoms with E-state index < -0.39 is 11.9 Å². The van der Waals surface area contributed by atoms with Gasteiger partial charge in [-0.1, -0.05) is 18.1 Å². The lowest BCUT2D eigenvalue weighted by Crippen LogP contribution is -2.05. The summed E-state index contributed by atoms with van der Waals surface area (Å²) < 4.78 is 17.9. The van der Waals surface area contributed by atoms with Gasteiger partial charge in [-0.05, 0) is 48.6 Å². The normalized spacial score (nSPS) is 11.5. The first-order chi connectivity index (χ1) is 18.0. The molecule has 3 heterocycles. The molecule has 1 N–H and O–H groups in total. The Morgan fingerprint density at radius 2 is 1.95 bits per heavy atom. The number of ether oxygens (including phenoxy) is 3. The van der Waals surface area contributed by atoms with Crippen molar-refractivity contribution < 1.29 is 24.1 Å². The van der Waals surface area contributed by atoms with E-state index in [0.29, 0.717) is 31.5 Å². The summed E-state index contributed by atoms with van der Waals surface area (Å²) in [5.41, 5.74) is 4.83. The van der Waals surface area contributed by atoms with Crippen molar-refractivity contribution in [2.75, 3.05) is 20.3 Å². The average molecular weight is 517 g/mol. The van der Waals surface area contributed by atoms with Crippen molar-refractivity contribution in [3.63, 3.8) is 0 Å². The van der Waals surface area contributed by atoms with E-state index in [0.717, 1.165) is 33.3 Å². The molecule has 7 nitrogen and oxygen atoms in total. The van der Waals surface area contributed by atoms with E-state index >= 15 is 0 Å². The quantitative estimate of drug-likeness (QED) is 0.197. The van der Waals surface area contributed by atoms with E-state index in [1.54, 1.807) is 43.8 Å². The zero-order chi connectivity index (χ0) is 26.2. The summed E-state index contributed by atoms with van der Waals surface area (Å²) >= 11 is 1.69. The predicted octanol–water partition coefficient (Wildman–Crippen LogP) is 5.85. The second kappa shape index (κ2) is 12.3. The highest BCUT2D eigenvalue weighted by Gasteiger charge is 2.15. The van der Waals surface area contributed by atoms with Gasteiger partial charge in [-0.25, -0.2) is 4.98 Å². The van der Waals surface area contributed by atoms with Gasteiger partial charge in [-0.3, -0.25) is 9.78 Å². The Morgan fingerprint density at radius 3 is 2.68 bits per heavy atom. The molecule has 8 heteroatoms. The molecule has 0 saturated carbocycles. The van der Waals surface area contributed by atoms with Gasteiger partial charge in [0, 0.05) is 46.3 Å². The molecule has 0 saturated heterocycles. The maximum Gasteiger partial charge on any atom is 0.304 e. The number of thiophene rings is 1. The standard InChI is InChI=1S/C29H28N2O5S/c1-4-5-21(13-29(32)33)22-7-9-28(31-15-22)36-17-20-6-8-27-25(12-20)26(18-37-27)24-14-23(16-30-19(24)2)35-11-10-34-3/h6-9,12,14-16,18,21H,10-11,13,17H2,1-3H3,(H,32,33)/t21-/m0/s1. The first kappa shape index (κ1) is 26.1. The minimum Gasteiger partial charge on any atom is -0.490 e. The van der Waals surface area contributed by atoms with Gasteiger partial charge < -0.3 is 19.3 Å². The van der Waals surface area contributed by atoms with Crippen LogP contribution in [0.4, 0.5) is 0 Å². The number of nitrogens with zero attached hydrogens (tertiary/aromatic N) is 2. The number of methoxy groups -OCH3 is 1. The highest BCUT2D eigenvalue weighted by molar-refractivity contribution is 7.17. The molecule has 190 valence electrons. The monoisotopic (exact) mass is 516 g/mol. The summed E-state index contributed by atoms with van der Waals surface area (Å²) in [5, 5.41) is 12.4. The Bertz CT molecular complexity index is 1440. The summed E-state index contributed by atoms with van der Waals surface area (Å²) in [6, 6.07) is 11.9. The second-order valence-electron chi connectivity index (χ2n) is 8.39. The molecule has 0 bridgehead atoms. The molecule has 1 atom stereocenters. The summed E-state index contributed by atoms with van der Waals surface area (Å²) in [7, 11) is 1.65. The van der Waals surface area contributed by atoms with Gasteiger partial charge >= 0.3 is 5.97 Å². The van der Waals surface area contributed by atoms with Crippen LogP contribution < -0.4 is 9.47 Å². The Balaban J connectivity index is 1.50. The molecular formula is C29H28N2O5S. The van der Waals surface area contributed by atoms with Crippen LogP contribution >= 0.6 is 11.3 Å². The van der Waals surface area contributed by atoms with E-state index in [2.05, 4.69) is 39.3 Å². The second-order valence-corrected chi connectivity index (χ2v) is 9.30. The first-order valence-electron chi connectivity index (χ1n) is 11.8. The summed E-state index contributed by atoms with van der Waals surface area (Å²) in [6.07, 6.45) is 3.30. The minimum atomic E-state index is -0.896. The number of carboxylic acids is 1. The zero-order valence-electron chi connectivity index (χ0n) is 21.0. The van der Waals surface area contributed by atoms with Crippen LogP contribution in [-0.4, -0.2) is 41.4 Å². The lowest BCUT2D eigenvalue weighted by molar-refractivity contribution is -0.137. The van der Waals surface area contributed by atoms with Crippen molar-refractivity contribution in [3.8, 4) is 34.6 Å². The molecule has 0 aliphatic heterocycles. The molecule has 3 aromatic heterocycles. The number of carboxylic acid groups (broad SMARTS) is 1. The van der Waals surface area contributed by atoms with E-state index in [9.17, 15) is 4.79 Å². The lowest BCUT2D eigenvalue weighted by atomic mass is 9.98. The molecule has 4 aromatic rings. The van der Waals surface area contributed by atoms with Crippen LogP contribution in [0.25, 0.3) is 21.2 Å². The predicted molar refractivity (Wildman–Crippen MR) is 144 cm³/mol. The van der Waals surface area contributed by atoms with Crippen LogP contribution in [0.1, 0.15) is 36.1 Å². The summed E-state index contributed by atoms with van der Waals surface area (Å²) in [6.45, 7) is 5.02. The van der Waals surface area contributed by atoms with Gasteiger partial charge in [0.2, 0.25) is 5.88 Å². The fourth-order valence-corrected chi connectivity index (χ4v) is 4.87. The van der Waals surface area contributed by atoms with Gasteiger partial charge in [0.25, 0.3) is 0 Å². The molecule has 37 heavy (non-hydrogen) atoms. The number of aliphatic carboxylic acids is 1. The van der Waals surface area contributed by atoms with E-state index in [-0.39, 0.29) is 6.42 Å². The fourth-order valence-electron chi connectivity index (χ4n) is 3.92. The molecule has 0 fully saturated rings. The van der Waals surface area contributed by atoms with Gasteiger partial charge in [-0.2, -0.15) is 0 Å². The molecule has 0 aliphatic rings. The van der Waals surface area contributed by atoms with Crippen molar-refractivity contribution in [1.29, 1.82) is 0 Å². The molecule has 4 rings (SSSR count). The number of fused-ring (bicyclic) bond motifs is 1. The number of aryl methyl sites for hydroxylation is 1. The molecule has 1 aromatic carbocycles. The highest BCUT2D eigenvalue weighted by Crippen LogP contribution is 2.37. The van der Waals surface area contributed by atoms with E-state index in [4.69, 9.17) is 19.3 Å². The van der Waals surface area contributed by atoms with Crippen LogP contribution in [-0.2, 0) is 16.1 Å². The van der Waals surface area contributed by atoms with Gasteiger partial charge in [0.15, 0.2) is 0 Å². The Morgan fingerprint density at radius 1 is 1.08 bits per heavy atom. The Hall–Kier alpha value is -3.93. The molecular weight excluding hydrogens is 488 g/mol. The van der Waals surface area contributed by atoms with Crippen LogP contribution in [0, 0.1) is 18.8 Å². The van der Waals surface area contributed by atoms with E-state index in [1.165, 1.54) is 4.70 Å². The molecule has 0 aliphatic carbocycles. The van der Waals surface area contributed by atoms with Gasteiger partial charge in [0.1, 0.15) is 19.0 Å². The lowest BCUT2D eigenvalue weighted by Gasteiger charge is -2.11. The fraction of sp³-hybridized carbons (Fsp3) is 0.276. The van der Waals surface area contributed by atoms with Crippen LogP contribution in [0.15, 0.2) is 54.2 Å². The number of hydrogen-bond acceptors (Lipinski definition) is 7. The third-order valence-electron chi connectivity index (χ3n) is 5.79. The van der Waals surface area contributed by atoms with E-state index in [1.807, 2.05) is 25.1 Å². The molecule has 0 spiro atoms. The van der Waals surface area contributed by atoms with Crippen molar-refractivity contribution >= 4 is 27.4 Å². The largest absolute Gasteiger partial charge is 0.490 e. The molecule has 0 radical (unpaired) electrons. The molecule has 0 amide bonds. The number of hydrogen-bond donors (Lipinski definition) is 1. The van der Waals surface area contributed by atoms with Crippen molar-refractivity contribution in [2.45, 2.75) is 32.8 Å². The maximum absolute atomic E-state index is 11.1. The summed E-state index contributed by atoms with van der Waals surface area (Å²) in [5.74, 6) is 5.61. The van der Waals surface area contributed by atoms with Gasteiger partial charge in [-0.15, -0.1) is 17.3 Å².